The molecule has 5 rings (SSSR count). The Morgan fingerprint density at radius 2 is 1.78 bits per heavy atom. The molecule has 1 aliphatic heterocycles. The molecule has 1 aliphatic rings. The number of aromatic carboxylic acids is 1. The van der Waals surface area contributed by atoms with Crippen LogP contribution in [0.4, 0.5) is 11.4 Å². The molecule has 0 aliphatic carbocycles. The Kier molecular flexibility index (Phi) is 6.40. The number of hydrogen-bond donors (Lipinski definition) is 3. The lowest BCUT2D eigenvalue weighted by molar-refractivity contribution is 0.0697. The number of benzene rings is 2. The highest BCUT2D eigenvalue weighted by molar-refractivity contribution is 7.92. The molecule has 3 N–H and O–H groups in total. The van der Waals surface area contributed by atoms with Crippen molar-refractivity contribution in [1.29, 1.82) is 0 Å². The SMILES string of the molecule is CS(=O)(=O)Nc1ccc(N2C(=S)N[C@@H](c3ccccn3)[C@@H]2c2ccc(-c3ccc(C(=O)O)cc3)o2)cc1. The molecule has 9 nitrogen and oxygen atoms in total. The maximum Gasteiger partial charge on any atom is 0.335 e. The Morgan fingerprint density at radius 3 is 2.41 bits per heavy atom. The van der Waals surface area contributed by atoms with E-state index in [1.165, 1.54) is 12.1 Å². The van der Waals surface area contributed by atoms with Gasteiger partial charge in [-0.2, -0.15) is 0 Å². The highest BCUT2D eigenvalue weighted by Gasteiger charge is 2.42. The van der Waals surface area contributed by atoms with E-state index in [4.69, 9.17) is 16.6 Å². The van der Waals surface area contributed by atoms with Crippen LogP contribution in [-0.4, -0.2) is 35.8 Å². The van der Waals surface area contributed by atoms with Gasteiger partial charge in [-0.15, -0.1) is 0 Å². The molecular weight excluding hydrogens is 512 g/mol. The Bertz CT molecular complexity index is 1550. The molecule has 0 bridgehead atoms. The molecule has 1 fully saturated rings. The van der Waals surface area contributed by atoms with Crippen molar-refractivity contribution in [2.24, 2.45) is 0 Å². The molecule has 188 valence electrons. The van der Waals surface area contributed by atoms with Crippen LogP contribution in [0.25, 0.3) is 11.3 Å². The van der Waals surface area contributed by atoms with Gasteiger partial charge in [0.2, 0.25) is 10.0 Å². The first-order valence-electron chi connectivity index (χ1n) is 11.2. The summed E-state index contributed by atoms with van der Waals surface area (Å²) in [6, 6.07) is 22.0. The van der Waals surface area contributed by atoms with Crippen LogP contribution in [0.15, 0.2) is 89.5 Å². The maximum atomic E-state index is 11.6. The summed E-state index contributed by atoms with van der Waals surface area (Å²) >= 11 is 5.71. The number of nitrogens with one attached hydrogen (secondary N) is 2. The number of sulfonamides is 1. The summed E-state index contributed by atoms with van der Waals surface area (Å²) < 4.78 is 31.9. The van der Waals surface area contributed by atoms with Gasteiger partial charge >= 0.3 is 5.97 Å². The molecule has 0 spiro atoms. The second-order valence-electron chi connectivity index (χ2n) is 8.50. The molecule has 2 aromatic carbocycles. The number of hydrogen-bond acceptors (Lipinski definition) is 6. The molecule has 1 saturated heterocycles. The fourth-order valence-electron chi connectivity index (χ4n) is 4.27. The molecule has 0 unspecified atom stereocenters. The van der Waals surface area contributed by atoms with Crippen molar-refractivity contribution < 1.29 is 22.7 Å². The van der Waals surface area contributed by atoms with Crippen molar-refractivity contribution in [3.8, 4) is 11.3 Å². The predicted molar refractivity (Wildman–Crippen MR) is 144 cm³/mol. The third-order valence-electron chi connectivity index (χ3n) is 5.88. The third-order valence-corrected chi connectivity index (χ3v) is 6.80. The van der Waals surface area contributed by atoms with Crippen LogP contribution < -0.4 is 14.9 Å². The summed E-state index contributed by atoms with van der Waals surface area (Å²) in [5, 5.41) is 13.0. The van der Waals surface area contributed by atoms with E-state index in [0.29, 0.717) is 22.3 Å². The number of carbonyl (C=O) groups is 1. The average Bonchev–Trinajstić information content (AvgIpc) is 3.49. The highest BCUT2D eigenvalue weighted by Crippen LogP contribution is 2.43. The fourth-order valence-corrected chi connectivity index (χ4v) is 5.18. The van der Waals surface area contributed by atoms with Crippen molar-refractivity contribution in [2.45, 2.75) is 12.1 Å². The fraction of sp³-hybridized carbons (Fsp3) is 0.115. The van der Waals surface area contributed by atoms with Crippen LogP contribution in [0.1, 0.15) is 33.9 Å². The number of carboxylic acid groups (broad SMARTS) is 1. The van der Waals surface area contributed by atoms with Gasteiger partial charge in [-0.05, 0) is 72.9 Å². The number of rotatable bonds is 7. The lowest BCUT2D eigenvalue weighted by Crippen LogP contribution is -2.29. The molecule has 3 heterocycles. The van der Waals surface area contributed by atoms with Crippen LogP contribution in [0.5, 0.6) is 0 Å². The number of furan rings is 1. The van der Waals surface area contributed by atoms with Gasteiger partial charge < -0.3 is 19.7 Å². The average molecular weight is 535 g/mol. The van der Waals surface area contributed by atoms with Gasteiger partial charge in [0.25, 0.3) is 0 Å². The summed E-state index contributed by atoms with van der Waals surface area (Å²) in [4.78, 5) is 17.6. The topological polar surface area (TPSA) is 125 Å². The van der Waals surface area contributed by atoms with Crippen molar-refractivity contribution in [2.75, 3.05) is 15.9 Å². The standard InChI is InChI=1S/C26H22N4O5S2/c1-37(33,34)29-18-9-11-19(12-10-18)30-24(23(28-26(30)36)20-4-2-3-15-27-20)22-14-13-21(35-22)16-5-7-17(8-6-16)25(31)32/h2-15,23-24,29H,1H3,(H,28,36)(H,31,32)/t23-,24-/m0/s1. The van der Waals surface area contributed by atoms with E-state index in [1.807, 2.05) is 35.2 Å². The van der Waals surface area contributed by atoms with Crippen molar-refractivity contribution in [3.63, 3.8) is 0 Å². The number of thiocarbonyl (C=S) groups is 1. The van der Waals surface area contributed by atoms with Crippen molar-refractivity contribution in [1.82, 2.24) is 10.3 Å². The van der Waals surface area contributed by atoms with E-state index in [9.17, 15) is 18.3 Å². The third kappa shape index (κ3) is 5.18. The normalized spacial score (nSPS) is 17.4. The summed E-state index contributed by atoms with van der Waals surface area (Å²) in [6.07, 6.45) is 2.81. The van der Waals surface area contributed by atoms with Gasteiger partial charge in [0.05, 0.1) is 23.6 Å². The van der Waals surface area contributed by atoms with E-state index >= 15 is 0 Å². The van der Waals surface area contributed by atoms with Crippen LogP contribution in [-0.2, 0) is 10.0 Å². The largest absolute Gasteiger partial charge is 0.478 e. The first kappa shape index (κ1) is 24.5. The van der Waals surface area contributed by atoms with Gasteiger partial charge in [0.1, 0.15) is 17.6 Å². The van der Waals surface area contributed by atoms with Gasteiger partial charge in [-0.3, -0.25) is 9.71 Å². The van der Waals surface area contributed by atoms with Crippen LogP contribution in [0, 0.1) is 0 Å². The Labute approximate surface area is 218 Å². The second-order valence-corrected chi connectivity index (χ2v) is 10.6. The first-order chi connectivity index (χ1) is 17.7. The van der Waals surface area contributed by atoms with E-state index in [-0.39, 0.29) is 11.6 Å². The number of anilines is 2. The highest BCUT2D eigenvalue weighted by atomic mass is 32.2. The van der Waals surface area contributed by atoms with Crippen LogP contribution in [0.2, 0.25) is 0 Å². The Hall–Kier alpha value is -4.22. The summed E-state index contributed by atoms with van der Waals surface area (Å²) in [5.74, 6) is 0.208. The zero-order valence-electron chi connectivity index (χ0n) is 19.5. The minimum absolute atomic E-state index is 0.191. The smallest absolute Gasteiger partial charge is 0.335 e. The summed E-state index contributed by atoms with van der Waals surface area (Å²) in [5.41, 5.74) is 2.88. The zero-order chi connectivity index (χ0) is 26.2. The quantitative estimate of drug-likeness (QED) is 0.292. The van der Waals surface area contributed by atoms with Crippen molar-refractivity contribution >= 4 is 44.7 Å². The minimum atomic E-state index is -3.41. The predicted octanol–water partition coefficient (Wildman–Crippen LogP) is 4.59. The second kappa shape index (κ2) is 9.68. The van der Waals surface area contributed by atoms with Gasteiger partial charge in [-0.1, -0.05) is 18.2 Å². The number of aromatic nitrogens is 1. The van der Waals surface area contributed by atoms with E-state index in [1.54, 1.807) is 42.6 Å². The molecule has 0 saturated carbocycles. The molecule has 0 radical (unpaired) electrons. The van der Waals surface area contributed by atoms with Gasteiger partial charge in [0, 0.05) is 23.1 Å². The molecule has 0 amide bonds. The number of carboxylic acids is 1. The lowest BCUT2D eigenvalue weighted by Gasteiger charge is -2.26. The first-order valence-corrected chi connectivity index (χ1v) is 13.5. The lowest BCUT2D eigenvalue weighted by atomic mass is 10.0. The van der Waals surface area contributed by atoms with Crippen molar-refractivity contribution in [3.05, 3.63) is 102 Å². The molecule has 2 atom stereocenters. The zero-order valence-corrected chi connectivity index (χ0v) is 21.2. The Morgan fingerprint density at radius 1 is 1.05 bits per heavy atom. The molecular formula is C26H22N4O5S2. The monoisotopic (exact) mass is 534 g/mol. The van der Waals surface area contributed by atoms with Gasteiger partial charge in [-0.25, -0.2) is 13.2 Å². The molecule has 2 aromatic heterocycles. The summed E-state index contributed by atoms with van der Waals surface area (Å²) in [7, 11) is -3.41. The molecule has 11 heteroatoms. The number of nitrogens with zero attached hydrogens (tertiary/aromatic N) is 2. The van der Waals surface area contributed by atoms with Crippen LogP contribution >= 0.6 is 12.2 Å². The maximum absolute atomic E-state index is 11.6. The van der Waals surface area contributed by atoms with Crippen LogP contribution in [0.3, 0.4) is 0 Å². The minimum Gasteiger partial charge on any atom is -0.478 e. The van der Waals surface area contributed by atoms with Gasteiger partial charge in [0.15, 0.2) is 5.11 Å². The van der Waals surface area contributed by atoms with E-state index < -0.39 is 22.0 Å². The molecule has 37 heavy (non-hydrogen) atoms. The van der Waals surface area contributed by atoms with E-state index in [0.717, 1.165) is 23.2 Å². The number of pyridine rings is 1. The molecule has 4 aromatic rings. The summed E-state index contributed by atoms with van der Waals surface area (Å²) in [6.45, 7) is 0. The van der Waals surface area contributed by atoms with E-state index in [2.05, 4.69) is 15.0 Å². The Balaban J connectivity index is 1.53.